The van der Waals surface area contributed by atoms with E-state index in [0.717, 1.165) is 44.9 Å². The number of nitrogens with zero attached hydrogens (tertiary/aromatic N) is 6. The second-order valence-corrected chi connectivity index (χ2v) is 15.1. The molecule has 13 heteroatoms. The predicted octanol–water partition coefficient (Wildman–Crippen LogP) is 3.67. The zero-order valence-corrected chi connectivity index (χ0v) is 30.0. The topological polar surface area (TPSA) is 118 Å². The summed E-state index contributed by atoms with van der Waals surface area (Å²) in [6.45, 7) is 6.81. The van der Waals surface area contributed by atoms with Crippen LogP contribution in [0.5, 0.6) is 5.75 Å². The van der Waals surface area contributed by atoms with E-state index in [1.807, 2.05) is 43.3 Å². The molecule has 5 heterocycles. The smallest absolute Gasteiger partial charge is 0.240 e. The van der Waals surface area contributed by atoms with Crippen LogP contribution in [0.15, 0.2) is 66.7 Å². The molecule has 3 N–H and O–H groups in total. The Bertz CT molecular complexity index is 1840. The van der Waals surface area contributed by atoms with Crippen molar-refractivity contribution in [1.29, 1.82) is 0 Å². The van der Waals surface area contributed by atoms with E-state index in [1.165, 1.54) is 11.3 Å². The quantitative estimate of drug-likeness (QED) is 0.211. The van der Waals surface area contributed by atoms with E-state index in [9.17, 15) is 4.79 Å². The van der Waals surface area contributed by atoms with Crippen molar-refractivity contribution >= 4 is 38.3 Å². The van der Waals surface area contributed by atoms with Crippen molar-refractivity contribution in [1.82, 2.24) is 30.1 Å². The monoisotopic (exact) mass is 698 g/mol. The summed E-state index contributed by atoms with van der Waals surface area (Å²) in [6, 6.07) is 22.5. The van der Waals surface area contributed by atoms with E-state index in [4.69, 9.17) is 19.9 Å². The lowest BCUT2D eigenvalue weighted by molar-refractivity contribution is -0.201. The van der Waals surface area contributed by atoms with E-state index >= 15 is 0 Å². The number of benzene rings is 3. The number of amides is 1. The van der Waals surface area contributed by atoms with Crippen LogP contribution in [0, 0.1) is 0 Å². The highest BCUT2D eigenvalue weighted by Crippen LogP contribution is 2.43. The number of piperazine rings is 1. The first-order valence-electron chi connectivity index (χ1n) is 17.4. The maximum absolute atomic E-state index is 14.6. The first kappa shape index (κ1) is 33.3. The van der Waals surface area contributed by atoms with Crippen molar-refractivity contribution in [3.8, 4) is 5.75 Å². The molecule has 6 atom stereocenters. The van der Waals surface area contributed by atoms with Gasteiger partial charge in [-0.15, -0.1) is 0 Å². The number of methoxy groups -OCH3 is 1. The molecule has 0 bridgehead atoms. The van der Waals surface area contributed by atoms with Gasteiger partial charge in [-0.3, -0.25) is 10.1 Å². The molecular weight excluding hydrogens is 653 g/mol. The largest absolute Gasteiger partial charge is 0.497 e. The second-order valence-electron chi connectivity index (χ2n) is 14.1. The molecule has 4 aromatic rings. The summed E-state index contributed by atoms with van der Waals surface area (Å²) in [5.74, 6) is 0.943. The fourth-order valence-electron chi connectivity index (χ4n) is 7.60. The summed E-state index contributed by atoms with van der Waals surface area (Å²) in [5.41, 5.74) is 11.4. The van der Waals surface area contributed by atoms with Crippen LogP contribution in [-0.2, 0) is 33.8 Å². The maximum Gasteiger partial charge on any atom is 0.240 e. The fourth-order valence-corrected chi connectivity index (χ4v) is 8.39. The first-order chi connectivity index (χ1) is 24.2. The molecule has 0 radical (unpaired) electrons. The molecule has 4 aliphatic heterocycles. The lowest BCUT2D eigenvalue weighted by Gasteiger charge is -2.54. The summed E-state index contributed by atoms with van der Waals surface area (Å²) in [4.78, 5) is 25.7. The summed E-state index contributed by atoms with van der Waals surface area (Å²) >= 11 is 1.48. The highest BCUT2D eigenvalue weighted by Gasteiger charge is 2.62. The van der Waals surface area contributed by atoms with Gasteiger partial charge in [0.15, 0.2) is 17.6 Å². The average molecular weight is 699 g/mol. The average Bonchev–Trinajstić information content (AvgIpc) is 4.02. The number of hydrazine groups is 1. The minimum absolute atomic E-state index is 0.0293. The Balaban J connectivity index is 1.08. The third kappa shape index (κ3) is 6.43. The zero-order chi connectivity index (χ0) is 34.7. The number of thiazole rings is 1. The van der Waals surface area contributed by atoms with Gasteiger partial charge in [0.1, 0.15) is 18.1 Å². The van der Waals surface area contributed by atoms with E-state index in [0.29, 0.717) is 31.2 Å². The molecule has 5 unspecified atom stereocenters. The number of epoxide rings is 2. The molecule has 4 aliphatic rings. The Kier molecular flexibility index (Phi) is 8.92. The van der Waals surface area contributed by atoms with E-state index < -0.39 is 6.04 Å². The summed E-state index contributed by atoms with van der Waals surface area (Å²) in [5, 5.41) is 8.90. The predicted molar refractivity (Wildman–Crippen MR) is 194 cm³/mol. The van der Waals surface area contributed by atoms with Crippen LogP contribution in [0.25, 0.3) is 10.2 Å². The number of aromatic nitrogens is 1. The Hall–Kier alpha value is -3.82. The molecule has 12 nitrogen and oxygen atoms in total. The van der Waals surface area contributed by atoms with Gasteiger partial charge in [-0.05, 0) is 67.3 Å². The number of fused-ring (bicyclic) bond motifs is 4. The normalized spacial score (nSPS) is 26.4. The molecule has 3 aromatic carbocycles. The summed E-state index contributed by atoms with van der Waals surface area (Å²) < 4.78 is 19.0. The van der Waals surface area contributed by atoms with Crippen LogP contribution < -0.4 is 20.7 Å². The number of hydrogen-bond acceptors (Lipinski definition) is 12. The van der Waals surface area contributed by atoms with Crippen molar-refractivity contribution in [3.05, 3.63) is 83.4 Å². The number of hydrogen-bond donors (Lipinski definition) is 2. The maximum atomic E-state index is 14.6. The molecule has 0 aliphatic carbocycles. The van der Waals surface area contributed by atoms with Crippen molar-refractivity contribution in [2.75, 3.05) is 44.9 Å². The van der Waals surface area contributed by atoms with Gasteiger partial charge in [0.05, 0.1) is 36.1 Å². The Morgan fingerprint density at radius 3 is 2.52 bits per heavy atom. The van der Waals surface area contributed by atoms with Crippen LogP contribution >= 0.6 is 11.3 Å². The Morgan fingerprint density at radius 1 is 1.04 bits per heavy atom. The van der Waals surface area contributed by atoms with Crippen molar-refractivity contribution in [2.24, 2.45) is 0 Å². The van der Waals surface area contributed by atoms with E-state index in [2.05, 4.69) is 86.4 Å². The second kappa shape index (κ2) is 13.4. The number of para-hydroxylation sites is 1. The van der Waals surface area contributed by atoms with Crippen LogP contribution in [0.4, 0.5) is 10.8 Å². The lowest BCUT2D eigenvalue weighted by atomic mass is 9.97. The third-order valence-electron chi connectivity index (χ3n) is 10.2. The lowest BCUT2D eigenvalue weighted by Crippen LogP contribution is -2.73. The van der Waals surface area contributed by atoms with Crippen LogP contribution in [0.3, 0.4) is 0 Å². The molecule has 8 rings (SSSR count). The molecular formula is C37H46N8O4S. The van der Waals surface area contributed by atoms with E-state index in [-0.39, 0.29) is 42.9 Å². The number of anilines is 2. The summed E-state index contributed by atoms with van der Waals surface area (Å²) in [7, 11) is 5.75. The molecule has 264 valence electrons. The Morgan fingerprint density at radius 2 is 1.80 bits per heavy atom. The van der Waals surface area contributed by atoms with Gasteiger partial charge in [-0.2, -0.15) is 0 Å². The van der Waals surface area contributed by atoms with Gasteiger partial charge >= 0.3 is 0 Å². The highest BCUT2D eigenvalue weighted by atomic mass is 32.1. The van der Waals surface area contributed by atoms with Gasteiger partial charge in [0, 0.05) is 45.5 Å². The number of carbonyl (C=O) groups excluding carboxylic acids is 1. The number of carbonyl (C=O) groups is 1. The van der Waals surface area contributed by atoms with Crippen LogP contribution in [0.1, 0.15) is 30.5 Å². The number of nitrogen functional groups attached to an aromatic ring is 1. The Labute approximate surface area is 297 Å². The van der Waals surface area contributed by atoms with Crippen LogP contribution in [0.2, 0.25) is 0 Å². The zero-order valence-electron chi connectivity index (χ0n) is 29.2. The highest BCUT2D eigenvalue weighted by molar-refractivity contribution is 7.22. The van der Waals surface area contributed by atoms with Gasteiger partial charge < -0.3 is 29.7 Å². The SMILES string of the molecule is COc1ccc(CNC2OC2N(C(C)C)N2CC3OC3N3C(Cc4ccc(N(C)C)cc4)C(=O)N(Cc4cccc5sc(N)nc45)C[C@@H]32)cc1. The molecule has 4 saturated heterocycles. The third-order valence-corrected chi connectivity index (χ3v) is 11.1. The minimum atomic E-state index is -0.394. The van der Waals surface area contributed by atoms with Gasteiger partial charge in [-0.1, -0.05) is 47.7 Å². The number of nitrogens with two attached hydrogens (primary N) is 1. The van der Waals surface area contributed by atoms with Gasteiger partial charge in [0.2, 0.25) is 5.91 Å². The molecule has 1 amide bonds. The molecule has 50 heavy (non-hydrogen) atoms. The van der Waals surface area contributed by atoms with Crippen LogP contribution in [-0.4, -0.2) is 108 Å². The molecule has 4 fully saturated rings. The van der Waals surface area contributed by atoms with Crippen molar-refractivity contribution in [2.45, 2.75) is 76.4 Å². The summed E-state index contributed by atoms with van der Waals surface area (Å²) in [6.07, 6.45) is 0.165. The van der Waals surface area contributed by atoms with Crippen molar-refractivity contribution < 1.29 is 19.0 Å². The van der Waals surface area contributed by atoms with Crippen molar-refractivity contribution in [3.63, 3.8) is 0 Å². The number of rotatable bonds is 12. The standard InChI is InChI=1S/C37H46N8O4S/c1-22(2)45(36-33(49-36)39-18-24-11-15-27(47-5)16-12-24)43-20-29-35(48-29)44-28(17-23-9-13-26(14-10-23)41(3)4)34(46)42(21-31(43)44)19-25-7-6-8-30-32(25)40-37(38)50-30/h6-16,22,28-29,31,33,35-36,39H,17-21H2,1-5H3,(H2,38,40)/t28?,29?,31-,33?,35?,36?/m1/s1. The number of nitrogens with one attached hydrogen (secondary N) is 1. The van der Waals surface area contributed by atoms with E-state index in [1.54, 1.807) is 7.11 Å². The minimum Gasteiger partial charge on any atom is -0.497 e. The molecule has 0 spiro atoms. The number of ether oxygens (including phenoxy) is 3. The molecule has 0 saturated carbocycles. The fraction of sp³-hybridized carbons (Fsp3) is 0.459. The molecule has 1 aromatic heterocycles. The first-order valence-corrected chi connectivity index (χ1v) is 18.2. The van der Waals surface area contributed by atoms with Gasteiger partial charge in [0.25, 0.3) is 0 Å². The van der Waals surface area contributed by atoms with Gasteiger partial charge in [-0.25, -0.2) is 19.9 Å².